The number of nitrogens with two attached hydrogens (primary N) is 1. The summed E-state index contributed by atoms with van der Waals surface area (Å²) in [5.41, 5.74) is 8.95. The molecule has 3 aromatic rings. The average molecular weight is 542 g/mol. The molecule has 11 nitrogen and oxygen atoms in total. The quantitative estimate of drug-likeness (QED) is 0.506. The minimum Gasteiger partial charge on any atom is -0.480 e. The van der Waals surface area contributed by atoms with E-state index in [9.17, 15) is 18.0 Å². The topological polar surface area (TPSA) is 136 Å². The molecule has 3 aromatic heterocycles. The summed E-state index contributed by atoms with van der Waals surface area (Å²) in [7, 11) is 4.58. The van der Waals surface area contributed by atoms with Crippen LogP contribution in [0.2, 0.25) is 0 Å². The lowest BCUT2D eigenvalue weighted by Gasteiger charge is -2.22. The molecule has 14 heteroatoms. The van der Waals surface area contributed by atoms with E-state index >= 15 is 0 Å². The Bertz CT molecular complexity index is 1470. The highest BCUT2D eigenvalue weighted by molar-refractivity contribution is 6.12. The van der Waals surface area contributed by atoms with Gasteiger partial charge in [0.1, 0.15) is 18.0 Å². The standard InChI is InChI=1S/C25H26F3N9O2/c1-30-16-9-32-24(38)37(10-15(16)20(29)19-21(13-4-5-13)33-12-34-23(19)39-3)18-7-6-14(8-31-18)22-35-17(11-36(22)2)25(26,27)28/h6-8,11-13H,4-5,9-10,29H2,1-3H3,(H,32,38)/b20-15-,30-16?. The van der Waals surface area contributed by atoms with Crippen molar-refractivity contribution in [1.29, 1.82) is 0 Å². The summed E-state index contributed by atoms with van der Waals surface area (Å²) >= 11 is 0. The number of aliphatic imine (C=N–C) groups is 1. The van der Waals surface area contributed by atoms with Crippen molar-refractivity contribution < 1.29 is 22.7 Å². The van der Waals surface area contributed by atoms with Crippen LogP contribution in [0.5, 0.6) is 5.88 Å². The zero-order valence-electron chi connectivity index (χ0n) is 21.5. The molecule has 1 aliphatic heterocycles. The highest BCUT2D eigenvalue weighted by Crippen LogP contribution is 2.43. The molecule has 1 saturated carbocycles. The van der Waals surface area contributed by atoms with Crippen LogP contribution in [0.15, 0.2) is 41.4 Å². The van der Waals surface area contributed by atoms with Crippen LogP contribution in [-0.2, 0) is 13.2 Å². The van der Waals surface area contributed by atoms with Crippen molar-refractivity contribution in [2.24, 2.45) is 17.8 Å². The number of amides is 2. The van der Waals surface area contributed by atoms with Gasteiger partial charge in [0.25, 0.3) is 0 Å². The predicted molar refractivity (Wildman–Crippen MR) is 137 cm³/mol. The van der Waals surface area contributed by atoms with Crippen molar-refractivity contribution in [3.63, 3.8) is 0 Å². The van der Waals surface area contributed by atoms with Crippen LogP contribution in [0.25, 0.3) is 17.1 Å². The van der Waals surface area contributed by atoms with Crippen molar-refractivity contribution >= 4 is 23.3 Å². The number of nitrogens with zero attached hydrogens (tertiary/aromatic N) is 7. The van der Waals surface area contributed by atoms with Gasteiger partial charge in [-0.3, -0.25) is 9.89 Å². The molecule has 2 aliphatic rings. The Hall–Kier alpha value is -4.49. The van der Waals surface area contributed by atoms with Gasteiger partial charge in [0.2, 0.25) is 5.88 Å². The molecule has 204 valence electrons. The van der Waals surface area contributed by atoms with Crippen LogP contribution in [0.4, 0.5) is 23.8 Å². The maximum Gasteiger partial charge on any atom is 0.434 e. The third-order valence-electron chi connectivity index (χ3n) is 6.63. The molecule has 39 heavy (non-hydrogen) atoms. The maximum absolute atomic E-state index is 13.1. The number of aromatic nitrogens is 5. The summed E-state index contributed by atoms with van der Waals surface area (Å²) < 4.78 is 46.1. The Morgan fingerprint density at radius 2 is 2.00 bits per heavy atom. The fourth-order valence-corrected chi connectivity index (χ4v) is 4.48. The fraction of sp³-hybridized carbons (Fsp3) is 0.360. The molecule has 2 amide bonds. The molecule has 3 N–H and O–H groups in total. The van der Waals surface area contributed by atoms with E-state index in [-0.39, 0.29) is 30.6 Å². The zero-order valence-corrected chi connectivity index (χ0v) is 21.5. The van der Waals surface area contributed by atoms with Gasteiger partial charge in [0, 0.05) is 43.5 Å². The second-order valence-corrected chi connectivity index (χ2v) is 9.19. The molecule has 0 atom stereocenters. The first-order chi connectivity index (χ1) is 18.6. The Kier molecular flexibility index (Phi) is 6.70. The normalized spacial score (nSPS) is 18.7. The highest BCUT2D eigenvalue weighted by atomic mass is 19.4. The molecular weight excluding hydrogens is 515 g/mol. The van der Waals surface area contributed by atoms with E-state index < -0.39 is 17.9 Å². The molecule has 0 aromatic carbocycles. The first-order valence-electron chi connectivity index (χ1n) is 12.1. The number of alkyl halides is 3. The van der Waals surface area contributed by atoms with Gasteiger partial charge in [0.05, 0.1) is 42.9 Å². The number of carbonyl (C=O) groups is 1. The molecule has 5 rings (SSSR count). The Labute approximate surface area is 221 Å². The number of carbonyl (C=O) groups excluding carboxylic acids is 1. The first-order valence-corrected chi connectivity index (χ1v) is 12.1. The number of methoxy groups -OCH3 is 1. The second kappa shape index (κ2) is 10.0. The van der Waals surface area contributed by atoms with Crippen molar-refractivity contribution in [2.45, 2.75) is 24.9 Å². The summed E-state index contributed by atoms with van der Waals surface area (Å²) in [6, 6.07) is 2.67. The van der Waals surface area contributed by atoms with E-state index in [0.29, 0.717) is 34.0 Å². The smallest absolute Gasteiger partial charge is 0.434 e. The number of anilines is 1. The highest BCUT2D eigenvalue weighted by Gasteiger charge is 2.35. The number of hydrogen-bond acceptors (Lipinski definition) is 8. The van der Waals surface area contributed by atoms with E-state index in [1.807, 2.05) is 0 Å². The number of urea groups is 1. The number of ether oxygens (including phenoxy) is 1. The van der Waals surface area contributed by atoms with E-state index in [4.69, 9.17) is 10.5 Å². The van der Waals surface area contributed by atoms with Gasteiger partial charge >= 0.3 is 12.2 Å². The lowest BCUT2D eigenvalue weighted by Crippen LogP contribution is -2.39. The van der Waals surface area contributed by atoms with E-state index in [2.05, 4.69) is 30.2 Å². The monoisotopic (exact) mass is 541 g/mol. The molecule has 0 unspecified atom stereocenters. The number of nitrogens with one attached hydrogen (secondary N) is 1. The third-order valence-corrected chi connectivity index (χ3v) is 6.63. The number of pyridine rings is 1. The second-order valence-electron chi connectivity index (χ2n) is 9.19. The number of hydrogen-bond donors (Lipinski definition) is 2. The van der Waals surface area contributed by atoms with Crippen LogP contribution >= 0.6 is 0 Å². The maximum atomic E-state index is 13.1. The van der Waals surface area contributed by atoms with Crippen LogP contribution < -0.4 is 20.7 Å². The number of aryl methyl sites for hydroxylation is 1. The largest absolute Gasteiger partial charge is 0.480 e. The summed E-state index contributed by atoms with van der Waals surface area (Å²) in [6.07, 6.45) is 1.12. The lowest BCUT2D eigenvalue weighted by molar-refractivity contribution is -0.140. The van der Waals surface area contributed by atoms with E-state index in [1.165, 1.54) is 36.1 Å². The average Bonchev–Trinajstić information content (AvgIpc) is 3.71. The molecule has 0 spiro atoms. The number of rotatable bonds is 5. The summed E-state index contributed by atoms with van der Waals surface area (Å²) in [5, 5.41) is 2.81. The summed E-state index contributed by atoms with van der Waals surface area (Å²) in [6.45, 7) is 0.154. The van der Waals surface area contributed by atoms with Crippen molar-refractivity contribution in [2.75, 3.05) is 32.1 Å². The van der Waals surface area contributed by atoms with Crippen LogP contribution in [0.1, 0.15) is 35.7 Å². The van der Waals surface area contributed by atoms with Crippen LogP contribution in [-0.4, -0.2) is 63.5 Å². The van der Waals surface area contributed by atoms with Crippen LogP contribution in [0.3, 0.4) is 0 Å². The van der Waals surface area contributed by atoms with Crippen molar-refractivity contribution in [3.05, 3.63) is 53.4 Å². The van der Waals surface area contributed by atoms with Gasteiger partial charge in [-0.1, -0.05) is 0 Å². The van der Waals surface area contributed by atoms with Gasteiger partial charge in [-0.25, -0.2) is 24.7 Å². The molecule has 1 saturated heterocycles. The lowest BCUT2D eigenvalue weighted by atomic mass is 10.00. The zero-order chi connectivity index (χ0) is 27.9. The molecule has 2 fully saturated rings. The SMILES string of the molecule is CN=C1CNC(=O)N(c2ccc(-c3nc(C(F)(F)F)cn3C)cn2)C/C1=C(/N)c1c(OC)ncnc1C1CC1. The van der Waals surface area contributed by atoms with Crippen molar-refractivity contribution in [3.8, 4) is 17.3 Å². The first kappa shape index (κ1) is 26.1. The summed E-state index contributed by atoms with van der Waals surface area (Å²) in [4.78, 5) is 35.6. The van der Waals surface area contributed by atoms with Crippen LogP contribution in [0, 0.1) is 0 Å². The minimum atomic E-state index is -4.57. The number of halogens is 3. The predicted octanol–water partition coefficient (Wildman–Crippen LogP) is 3.15. The number of imidazole rings is 1. The molecule has 4 heterocycles. The minimum absolute atomic E-state index is 0.0273. The van der Waals surface area contributed by atoms with Crippen molar-refractivity contribution in [1.82, 2.24) is 29.8 Å². The third kappa shape index (κ3) is 5.01. The van der Waals surface area contributed by atoms with Gasteiger partial charge in [0.15, 0.2) is 5.69 Å². The molecule has 1 aliphatic carbocycles. The Morgan fingerprint density at radius 3 is 2.59 bits per heavy atom. The Balaban J connectivity index is 1.53. The molecule has 0 bridgehead atoms. The van der Waals surface area contributed by atoms with Gasteiger partial charge in [-0.05, 0) is 25.0 Å². The van der Waals surface area contributed by atoms with Gasteiger partial charge in [-0.15, -0.1) is 0 Å². The van der Waals surface area contributed by atoms with Gasteiger partial charge in [-0.2, -0.15) is 13.2 Å². The van der Waals surface area contributed by atoms with E-state index in [0.717, 1.165) is 24.7 Å². The van der Waals surface area contributed by atoms with E-state index in [1.54, 1.807) is 19.2 Å². The van der Waals surface area contributed by atoms with Gasteiger partial charge < -0.3 is 20.4 Å². The summed E-state index contributed by atoms with van der Waals surface area (Å²) in [5.74, 6) is 0.939. The molecule has 0 radical (unpaired) electrons. The molecular formula is C25H26F3N9O2. The Morgan fingerprint density at radius 1 is 1.23 bits per heavy atom. The fourth-order valence-electron chi connectivity index (χ4n) is 4.48.